The van der Waals surface area contributed by atoms with Crippen LogP contribution in [0.15, 0.2) is 71.7 Å². The van der Waals surface area contributed by atoms with Crippen LogP contribution in [0.3, 0.4) is 0 Å². The van der Waals surface area contributed by atoms with Gasteiger partial charge in [0.2, 0.25) is 11.6 Å². The predicted molar refractivity (Wildman–Crippen MR) is 148 cm³/mol. The topological polar surface area (TPSA) is 109 Å². The number of rotatable bonds is 10. The fourth-order valence-corrected chi connectivity index (χ4v) is 4.87. The van der Waals surface area contributed by atoms with Crippen molar-refractivity contribution in [2.24, 2.45) is 4.99 Å². The molecule has 0 fully saturated rings. The smallest absolute Gasteiger partial charge is 0.231 e. The van der Waals surface area contributed by atoms with Crippen LogP contribution in [0.25, 0.3) is 0 Å². The molecule has 3 N–H and O–H groups in total. The summed E-state index contributed by atoms with van der Waals surface area (Å²) in [4.78, 5) is 9.90. The summed E-state index contributed by atoms with van der Waals surface area (Å²) in [5.41, 5.74) is 9.10. The van der Waals surface area contributed by atoms with E-state index in [2.05, 4.69) is 10.3 Å². The van der Waals surface area contributed by atoms with Gasteiger partial charge in [0.25, 0.3) is 0 Å². The standard InChI is InChI=1S/C28H28N4O5S/c1-33-22-13-19(14-23(34-2)24(22)35-3)30-28-32-26(29)25(38-28)27-31-21(16-37-27)18-9-11-20(12-10-18)36-15-17-7-5-4-6-8-17/h4-14,21H,15-16,29H2,1-3H3,(H,30,32). The highest BCUT2D eigenvalue weighted by Crippen LogP contribution is 2.41. The summed E-state index contributed by atoms with van der Waals surface area (Å²) in [6.07, 6.45) is 0. The molecule has 4 aromatic rings. The van der Waals surface area contributed by atoms with Crippen LogP contribution in [0.1, 0.15) is 22.0 Å². The molecule has 0 amide bonds. The summed E-state index contributed by atoms with van der Waals surface area (Å²) < 4.78 is 28.0. The molecular formula is C28H28N4O5S. The molecule has 196 valence electrons. The van der Waals surface area contributed by atoms with Gasteiger partial charge in [-0.05, 0) is 23.3 Å². The normalized spacial score (nSPS) is 14.4. The lowest BCUT2D eigenvalue weighted by atomic mass is 10.1. The van der Waals surface area contributed by atoms with Gasteiger partial charge in [0.1, 0.15) is 35.7 Å². The number of anilines is 3. The molecule has 1 atom stereocenters. The van der Waals surface area contributed by atoms with Crippen LogP contribution in [-0.2, 0) is 11.3 Å². The van der Waals surface area contributed by atoms with E-state index < -0.39 is 0 Å². The molecule has 0 saturated heterocycles. The van der Waals surface area contributed by atoms with Gasteiger partial charge in [0, 0.05) is 17.8 Å². The Hall–Kier alpha value is -4.44. The SMILES string of the molecule is COc1cc(Nc2nc(N)c(C3=NC(c4ccc(OCc5ccccc5)cc4)CO3)s2)cc(OC)c1OC. The Kier molecular flexibility index (Phi) is 7.50. The second-order valence-corrected chi connectivity index (χ2v) is 9.38. The van der Waals surface area contributed by atoms with E-state index in [0.717, 1.165) is 16.9 Å². The molecule has 1 unspecified atom stereocenters. The maximum absolute atomic E-state index is 6.23. The van der Waals surface area contributed by atoms with E-state index in [4.69, 9.17) is 34.4 Å². The third-order valence-electron chi connectivity index (χ3n) is 5.93. The van der Waals surface area contributed by atoms with Gasteiger partial charge in [-0.3, -0.25) is 0 Å². The molecule has 0 spiro atoms. The van der Waals surface area contributed by atoms with Gasteiger partial charge >= 0.3 is 0 Å². The van der Waals surface area contributed by atoms with Crippen LogP contribution in [0.4, 0.5) is 16.6 Å². The quantitative estimate of drug-likeness (QED) is 0.272. The Morgan fingerprint density at radius 1 is 0.974 bits per heavy atom. The van der Waals surface area contributed by atoms with E-state index in [1.807, 2.05) is 54.6 Å². The molecule has 2 heterocycles. The van der Waals surface area contributed by atoms with E-state index in [9.17, 15) is 0 Å². The Bertz CT molecular complexity index is 1400. The van der Waals surface area contributed by atoms with Crippen LogP contribution >= 0.6 is 11.3 Å². The Labute approximate surface area is 224 Å². The third kappa shape index (κ3) is 5.45. The van der Waals surface area contributed by atoms with Crippen molar-refractivity contribution in [3.05, 3.63) is 82.7 Å². The number of hydrogen-bond acceptors (Lipinski definition) is 10. The summed E-state index contributed by atoms with van der Waals surface area (Å²) in [5, 5.41) is 3.83. The fraction of sp³-hybridized carbons (Fsp3) is 0.214. The van der Waals surface area contributed by atoms with Crippen molar-refractivity contribution in [3.63, 3.8) is 0 Å². The molecule has 1 aliphatic rings. The largest absolute Gasteiger partial charge is 0.493 e. The maximum Gasteiger partial charge on any atom is 0.231 e. The first kappa shape index (κ1) is 25.2. The zero-order valence-electron chi connectivity index (χ0n) is 21.3. The lowest BCUT2D eigenvalue weighted by Crippen LogP contribution is -2.02. The minimum atomic E-state index is -0.138. The lowest BCUT2D eigenvalue weighted by molar-refractivity contribution is 0.305. The maximum atomic E-state index is 6.23. The lowest BCUT2D eigenvalue weighted by Gasteiger charge is -2.14. The van der Waals surface area contributed by atoms with Crippen LogP contribution in [-0.4, -0.2) is 38.8 Å². The summed E-state index contributed by atoms with van der Waals surface area (Å²) in [6.45, 7) is 0.943. The van der Waals surface area contributed by atoms with Crippen molar-refractivity contribution < 1.29 is 23.7 Å². The summed E-state index contributed by atoms with van der Waals surface area (Å²) >= 11 is 1.36. The van der Waals surface area contributed by atoms with Crippen LogP contribution in [0, 0.1) is 0 Å². The number of ether oxygens (including phenoxy) is 5. The highest BCUT2D eigenvalue weighted by atomic mass is 32.1. The highest BCUT2D eigenvalue weighted by molar-refractivity contribution is 7.18. The Morgan fingerprint density at radius 3 is 2.34 bits per heavy atom. The molecule has 3 aromatic carbocycles. The number of nitrogens with two attached hydrogens (primary N) is 1. The minimum absolute atomic E-state index is 0.138. The van der Waals surface area contributed by atoms with Gasteiger partial charge in [-0.25, -0.2) is 9.98 Å². The first-order valence-corrected chi connectivity index (χ1v) is 12.7. The number of benzene rings is 3. The molecule has 0 bridgehead atoms. The van der Waals surface area contributed by atoms with Gasteiger partial charge in [-0.15, -0.1) is 0 Å². The highest BCUT2D eigenvalue weighted by Gasteiger charge is 2.26. The van der Waals surface area contributed by atoms with E-state index in [1.54, 1.807) is 33.5 Å². The minimum Gasteiger partial charge on any atom is -0.493 e. The fourth-order valence-electron chi connectivity index (χ4n) is 4.01. The van der Waals surface area contributed by atoms with Crippen molar-refractivity contribution in [2.45, 2.75) is 12.6 Å². The number of methoxy groups -OCH3 is 3. The predicted octanol–water partition coefficient (Wildman–Crippen LogP) is 5.59. The van der Waals surface area contributed by atoms with Gasteiger partial charge in [0.15, 0.2) is 16.6 Å². The molecule has 0 aliphatic carbocycles. The summed E-state index contributed by atoms with van der Waals surface area (Å²) in [5.74, 6) is 3.19. The van der Waals surface area contributed by atoms with Crippen molar-refractivity contribution >= 4 is 33.9 Å². The zero-order chi connectivity index (χ0) is 26.5. The van der Waals surface area contributed by atoms with Crippen molar-refractivity contribution in [3.8, 4) is 23.0 Å². The zero-order valence-corrected chi connectivity index (χ0v) is 22.1. The average Bonchev–Trinajstić information content (AvgIpc) is 3.58. The average molecular weight is 533 g/mol. The van der Waals surface area contributed by atoms with Crippen LogP contribution in [0.5, 0.6) is 23.0 Å². The second kappa shape index (κ2) is 11.3. The number of aromatic nitrogens is 1. The Morgan fingerprint density at radius 2 is 1.68 bits per heavy atom. The first-order valence-electron chi connectivity index (χ1n) is 11.9. The summed E-state index contributed by atoms with van der Waals surface area (Å²) in [7, 11) is 4.70. The molecular weight excluding hydrogens is 504 g/mol. The summed E-state index contributed by atoms with van der Waals surface area (Å²) in [6, 6.07) is 21.4. The van der Waals surface area contributed by atoms with Gasteiger partial charge in [0.05, 0.1) is 21.3 Å². The molecule has 0 radical (unpaired) electrons. The van der Waals surface area contributed by atoms with Crippen LogP contribution in [0.2, 0.25) is 0 Å². The van der Waals surface area contributed by atoms with E-state index >= 15 is 0 Å². The van der Waals surface area contributed by atoms with E-state index in [-0.39, 0.29) is 6.04 Å². The number of aliphatic imine (C=N–C) groups is 1. The monoisotopic (exact) mass is 532 g/mol. The third-order valence-corrected chi connectivity index (χ3v) is 6.90. The first-order chi connectivity index (χ1) is 18.6. The molecule has 5 rings (SSSR count). The number of nitrogens with zero attached hydrogens (tertiary/aromatic N) is 2. The van der Waals surface area contributed by atoms with Gasteiger partial charge < -0.3 is 34.7 Å². The van der Waals surface area contributed by atoms with E-state index in [0.29, 0.717) is 57.9 Å². The second-order valence-electron chi connectivity index (χ2n) is 8.38. The molecule has 1 aromatic heterocycles. The van der Waals surface area contributed by atoms with Gasteiger partial charge in [-0.2, -0.15) is 0 Å². The van der Waals surface area contributed by atoms with Crippen molar-refractivity contribution in [1.29, 1.82) is 0 Å². The van der Waals surface area contributed by atoms with Crippen molar-refractivity contribution in [2.75, 3.05) is 39.0 Å². The molecule has 1 aliphatic heterocycles. The van der Waals surface area contributed by atoms with Crippen molar-refractivity contribution in [1.82, 2.24) is 4.98 Å². The number of nitrogen functional groups attached to an aromatic ring is 1. The number of nitrogens with one attached hydrogen (secondary N) is 1. The molecule has 10 heteroatoms. The molecule has 0 saturated carbocycles. The van der Waals surface area contributed by atoms with E-state index in [1.165, 1.54) is 11.3 Å². The number of hydrogen-bond donors (Lipinski definition) is 2. The number of thiazole rings is 1. The van der Waals surface area contributed by atoms with Crippen LogP contribution < -0.4 is 30.0 Å². The Balaban J connectivity index is 1.27. The molecule has 9 nitrogen and oxygen atoms in total. The molecule has 38 heavy (non-hydrogen) atoms. The van der Waals surface area contributed by atoms with Gasteiger partial charge in [-0.1, -0.05) is 53.8 Å².